The summed E-state index contributed by atoms with van der Waals surface area (Å²) < 4.78 is 19.9. The molecule has 0 unspecified atom stereocenters. The van der Waals surface area contributed by atoms with Gasteiger partial charge in [0.2, 0.25) is 0 Å². The van der Waals surface area contributed by atoms with Crippen LogP contribution in [0.1, 0.15) is 30.3 Å². The van der Waals surface area contributed by atoms with Gasteiger partial charge >= 0.3 is 0 Å². The SMILES string of the molecule is CCCCn1nc(C(=O)NNC(=O)COc2ccccc2F)c2ccccc2c1=O. The molecule has 0 atom stereocenters. The van der Waals surface area contributed by atoms with Crippen LogP contribution >= 0.6 is 0 Å². The standard InChI is InChI=1S/C21H21FN4O4/c1-2-3-12-26-21(29)15-9-5-4-8-14(15)19(25-26)20(28)24-23-18(27)13-30-17-11-7-6-10-16(17)22/h4-11H,2-3,12-13H2,1H3,(H,23,27)(H,24,28). The number of amides is 2. The number of unbranched alkanes of at least 4 members (excludes halogenated alkanes) is 1. The van der Waals surface area contributed by atoms with Crippen LogP contribution in [0.5, 0.6) is 5.75 Å². The van der Waals surface area contributed by atoms with Crippen LogP contribution in [-0.4, -0.2) is 28.2 Å². The molecule has 30 heavy (non-hydrogen) atoms. The Balaban J connectivity index is 1.71. The lowest BCUT2D eigenvalue weighted by atomic mass is 10.1. The van der Waals surface area contributed by atoms with Crippen LogP contribution in [0.4, 0.5) is 4.39 Å². The van der Waals surface area contributed by atoms with Gasteiger partial charge in [-0.1, -0.05) is 43.7 Å². The van der Waals surface area contributed by atoms with Crippen molar-refractivity contribution >= 4 is 22.6 Å². The van der Waals surface area contributed by atoms with Gasteiger partial charge in [0.15, 0.2) is 23.9 Å². The van der Waals surface area contributed by atoms with Crippen molar-refractivity contribution < 1.29 is 18.7 Å². The summed E-state index contributed by atoms with van der Waals surface area (Å²) in [6.45, 7) is 1.87. The number of nitrogens with one attached hydrogen (secondary N) is 2. The van der Waals surface area contributed by atoms with Crippen LogP contribution in [0.15, 0.2) is 53.3 Å². The summed E-state index contributed by atoms with van der Waals surface area (Å²) in [5.41, 5.74) is 4.18. The molecule has 3 aromatic rings. The van der Waals surface area contributed by atoms with Gasteiger partial charge in [0.05, 0.1) is 5.39 Å². The third kappa shape index (κ3) is 4.80. The summed E-state index contributed by atoms with van der Waals surface area (Å²) in [4.78, 5) is 37.1. The Labute approximate surface area is 171 Å². The minimum Gasteiger partial charge on any atom is -0.481 e. The molecule has 0 saturated heterocycles. The van der Waals surface area contributed by atoms with Crippen LogP contribution in [0.25, 0.3) is 10.8 Å². The molecule has 0 bridgehead atoms. The Bertz CT molecular complexity index is 1130. The Morgan fingerprint density at radius 1 is 1.07 bits per heavy atom. The predicted molar refractivity (Wildman–Crippen MR) is 108 cm³/mol. The summed E-state index contributed by atoms with van der Waals surface area (Å²) in [6, 6.07) is 12.3. The summed E-state index contributed by atoms with van der Waals surface area (Å²) in [5, 5.41) is 4.92. The number of fused-ring (bicyclic) bond motifs is 1. The van der Waals surface area contributed by atoms with E-state index < -0.39 is 24.2 Å². The van der Waals surface area contributed by atoms with E-state index in [-0.39, 0.29) is 17.0 Å². The van der Waals surface area contributed by atoms with Gasteiger partial charge < -0.3 is 4.74 Å². The van der Waals surface area contributed by atoms with Crippen molar-refractivity contribution in [3.05, 3.63) is 70.4 Å². The second-order valence-corrected chi connectivity index (χ2v) is 6.50. The Morgan fingerprint density at radius 2 is 1.77 bits per heavy atom. The fourth-order valence-corrected chi connectivity index (χ4v) is 2.79. The number of hydrogen-bond donors (Lipinski definition) is 2. The fraction of sp³-hybridized carbons (Fsp3) is 0.238. The van der Waals surface area contributed by atoms with Gasteiger partial charge in [-0.3, -0.25) is 25.2 Å². The number of nitrogens with zero attached hydrogens (tertiary/aromatic N) is 2. The molecule has 0 aliphatic rings. The Kier molecular flexibility index (Phi) is 6.74. The normalized spacial score (nSPS) is 10.6. The topological polar surface area (TPSA) is 102 Å². The summed E-state index contributed by atoms with van der Waals surface area (Å²) >= 11 is 0. The summed E-state index contributed by atoms with van der Waals surface area (Å²) in [6.07, 6.45) is 1.59. The number of halogens is 1. The van der Waals surface area contributed by atoms with Gasteiger partial charge in [0, 0.05) is 11.9 Å². The lowest BCUT2D eigenvalue weighted by Crippen LogP contribution is -2.44. The van der Waals surface area contributed by atoms with Crippen LogP contribution in [0, 0.1) is 5.82 Å². The van der Waals surface area contributed by atoms with Gasteiger partial charge in [0.1, 0.15) is 0 Å². The van der Waals surface area contributed by atoms with Gasteiger partial charge in [-0.05, 0) is 24.6 Å². The number of aromatic nitrogens is 2. The lowest BCUT2D eigenvalue weighted by Gasteiger charge is -2.12. The zero-order valence-corrected chi connectivity index (χ0v) is 16.4. The first-order valence-electron chi connectivity index (χ1n) is 9.47. The third-order valence-corrected chi connectivity index (χ3v) is 4.32. The van der Waals surface area contributed by atoms with Crippen molar-refractivity contribution in [1.29, 1.82) is 0 Å². The molecule has 3 rings (SSSR count). The molecule has 2 N–H and O–H groups in total. The number of hydrogen-bond acceptors (Lipinski definition) is 5. The average molecular weight is 412 g/mol. The number of carbonyl (C=O) groups is 2. The second kappa shape index (κ2) is 9.64. The van der Waals surface area contributed by atoms with Gasteiger partial charge in [0.25, 0.3) is 17.4 Å². The Hall–Kier alpha value is -3.75. The molecule has 2 amide bonds. The largest absolute Gasteiger partial charge is 0.481 e. The van der Waals surface area contributed by atoms with E-state index in [4.69, 9.17) is 4.74 Å². The van der Waals surface area contributed by atoms with Crippen LogP contribution in [0.2, 0.25) is 0 Å². The molecular weight excluding hydrogens is 391 g/mol. The zero-order chi connectivity index (χ0) is 21.5. The third-order valence-electron chi connectivity index (χ3n) is 4.32. The molecule has 0 saturated carbocycles. The summed E-state index contributed by atoms with van der Waals surface area (Å²) in [5.74, 6) is -2.04. The summed E-state index contributed by atoms with van der Waals surface area (Å²) in [7, 11) is 0. The van der Waals surface area contributed by atoms with Gasteiger partial charge in [-0.25, -0.2) is 9.07 Å². The molecule has 1 aromatic heterocycles. The van der Waals surface area contributed by atoms with E-state index in [1.807, 2.05) is 6.92 Å². The molecule has 2 aromatic carbocycles. The maximum Gasteiger partial charge on any atom is 0.290 e. The molecule has 0 aliphatic carbocycles. The van der Waals surface area contributed by atoms with Crippen molar-refractivity contribution in [3.63, 3.8) is 0 Å². The number of carbonyl (C=O) groups excluding carboxylic acids is 2. The van der Waals surface area contributed by atoms with E-state index >= 15 is 0 Å². The Morgan fingerprint density at radius 3 is 2.50 bits per heavy atom. The van der Waals surface area contributed by atoms with E-state index in [1.165, 1.54) is 22.9 Å². The van der Waals surface area contributed by atoms with Gasteiger partial charge in [-0.15, -0.1) is 0 Å². The maximum atomic E-state index is 13.5. The monoisotopic (exact) mass is 412 g/mol. The van der Waals surface area contributed by atoms with E-state index in [0.29, 0.717) is 17.3 Å². The van der Waals surface area contributed by atoms with E-state index in [1.54, 1.807) is 30.3 Å². The first-order chi connectivity index (χ1) is 14.5. The highest BCUT2D eigenvalue weighted by Crippen LogP contribution is 2.15. The second-order valence-electron chi connectivity index (χ2n) is 6.50. The highest BCUT2D eigenvalue weighted by molar-refractivity contribution is 6.05. The fourth-order valence-electron chi connectivity index (χ4n) is 2.79. The highest BCUT2D eigenvalue weighted by atomic mass is 19.1. The van der Waals surface area contributed by atoms with Crippen LogP contribution in [-0.2, 0) is 11.3 Å². The molecule has 9 heteroatoms. The molecular formula is C21H21FN4O4. The molecule has 0 spiro atoms. The number of aryl methyl sites for hydroxylation is 1. The van der Waals surface area contributed by atoms with Gasteiger partial charge in [-0.2, -0.15) is 5.10 Å². The first-order valence-corrected chi connectivity index (χ1v) is 9.47. The lowest BCUT2D eigenvalue weighted by molar-refractivity contribution is -0.123. The number of hydrazine groups is 1. The molecule has 0 radical (unpaired) electrons. The first kappa shape index (κ1) is 21.0. The smallest absolute Gasteiger partial charge is 0.290 e. The minimum absolute atomic E-state index is 0.0108. The number of rotatable bonds is 7. The van der Waals surface area contributed by atoms with Crippen molar-refractivity contribution in [2.45, 2.75) is 26.3 Å². The van der Waals surface area contributed by atoms with E-state index in [2.05, 4.69) is 16.0 Å². The van der Waals surface area contributed by atoms with Crippen LogP contribution < -0.4 is 21.1 Å². The molecule has 1 heterocycles. The molecule has 0 fully saturated rings. The maximum absolute atomic E-state index is 13.5. The van der Waals surface area contributed by atoms with Crippen LogP contribution in [0.3, 0.4) is 0 Å². The van der Waals surface area contributed by atoms with E-state index in [9.17, 15) is 18.8 Å². The highest BCUT2D eigenvalue weighted by Gasteiger charge is 2.17. The number of ether oxygens (including phenoxy) is 1. The molecule has 8 nitrogen and oxygen atoms in total. The number of benzene rings is 2. The van der Waals surface area contributed by atoms with E-state index in [0.717, 1.165) is 12.8 Å². The van der Waals surface area contributed by atoms with Crippen molar-refractivity contribution in [2.24, 2.45) is 0 Å². The average Bonchev–Trinajstić information content (AvgIpc) is 2.76. The zero-order valence-electron chi connectivity index (χ0n) is 16.4. The minimum atomic E-state index is -0.685. The predicted octanol–water partition coefficient (Wildman–Crippen LogP) is 2.18. The quantitative estimate of drug-likeness (QED) is 0.579. The number of para-hydroxylation sites is 1. The molecule has 0 aliphatic heterocycles. The van der Waals surface area contributed by atoms with Crippen molar-refractivity contribution in [3.8, 4) is 5.75 Å². The van der Waals surface area contributed by atoms with Crippen molar-refractivity contribution in [1.82, 2.24) is 20.6 Å². The van der Waals surface area contributed by atoms with Crippen molar-refractivity contribution in [2.75, 3.05) is 6.61 Å². The molecule has 156 valence electrons.